The third kappa shape index (κ3) is 2.26. The van der Waals surface area contributed by atoms with Gasteiger partial charge in [-0.15, -0.1) is 0 Å². The maximum absolute atomic E-state index is 6.39. The van der Waals surface area contributed by atoms with Gasteiger partial charge in [0.1, 0.15) is 29.3 Å². The zero-order chi connectivity index (χ0) is 15.0. The Morgan fingerprint density at radius 2 is 2.14 bits per heavy atom. The fraction of sp³-hybridized carbons (Fsp3) is 0.412. The standard InChI is InChI=1S/C17H20N4O/c1-18-15-10-16(20-12-19-15)21-9-8-17(11-21)7-6-13-4-2-3-5-14(13)22-17/h2-5,10,12H,6-9,11H2,1H3,(H,18,19,20). The van der Waals surface area contributed by atoms with E-state index in [4.69, 9.17) is 4.74 Å². The lowest BCUT2D eigenvalue weighted by atomic mass is 9.90. The maximum Gasteiger partial charge on any atom is 0.134 e. The SMILES string of the molecule is CNc1cc(N2CCC3(CCc4ccccc4O3)C2)ncn1. The van der Waals surface area contributed by atoms with E-state index >= 15 is 0 Å². The number of aryl methyl sites for hydroxylation is 1. The van der Waals surface area contributed by atoms with Gasteiger partial charge < -0.3 is 15.0 Å². The second kappa shape index (κ2) is 5.16. The van der Waals surface area contributed by atoms with E-state index < -0.39 is 0 Å². The molecular weight excluding hydrogens is 276 g/mol. The van der Waals surface area contributed by atoms with Crippen LogP contribution < -0.4 is 15.0 Å². The van der Waals surface area contributed by atoms with E-state index in [1.807, 2.05) is 19.2 Å². The lowest BCUT2D eigenvalue weighted by molar-refractivity contribution is 0.0682. The molecule has 0 bridgehead atoms. The maximum atomic E-state index is 6.39. The smallest absolute Gasteiger partial charge is 0.134 e. The summed E-state index contributed by atoms with van der Waals surface area (Å²) >= 11 is 0. The third-order valence-corrected chi connectivity index (χ3v) is 4.70. The van der Waals surface area contributed by atoms with Crippen LogP contribution in [0.5, 0.6) is 5.75 Å². The average molecular weight is 296 g/mol. The number of aromatic nitrogens is 2. The highest BCUT2D eigenvalue weighted by Crippen LogP contribution is 2.39. The Morgan fingerprint density at radius 3 is 3.05 bits per heavy atom. The van der Waals surface area contributed by atoms with Crippen molar-refractivity contribution in [3.8, 4) is 5.75 Å². The van der Waals surface area contributed by atoms with E-state index in [1.165, 1.54) is 5.56 Å². The quantitative estimate of drug-likeness (QED) is 0.922. The topological polar surface area (TPSA) is 50.3 Å². The summed E-state index contributed by atoms with van der Waals surface area (Å²) in [7, 11) is 1.87. The molecule has 1 fully saturated rings. The van der Waals surface area contributed by atoms with E-state index in [2.05, 4.69) is 38.4 Å². The van der Waals surface area contributed by atoms with Crippen molar-refractivity contribution in [3.05, 3.63) is 42.2 Å². The minimum Gasteiger partial charge on any atom is -0.485 e. The van der Waals surface area contributed by atoms with E-state index in [-0.39, 0.29) is 5.60 Å². The molecule has 1 aromatic heterocycles. The Balaban J connectivity index is 1.55. The van der Waals surface area contributed by atoms with Gasteiger partial charge in [0.2, 0.25) is 0 Å². The zero-order valence-electron chi connectivity index (χ0n) is 12.7. The molecule has 2 aliphatic heterocycles. The molecule has 4 rings (SSSR count). The molecule has 0 aliphatic carbocycles. The van der Waals surface area contributed by atoms with Crippen molar-refractivity contribution >= 4 is 11.6 Å². The Bertz CT molecular complexity index is 690. The van der Waals surface area contributed by atoms with Crippen molar-refractivity contribution in [2.24, 2.45) is 0 Å². The van der Waals surface area contributed by atoms with Crippen LogP contribution in [0.1, 0.15) is 18.4 Å². The van der Waals surface area contributed by atoms with Crippen molar-refractivity contribution in [2.45, 2.75) is 24.9 Å². The normalized spacial score (nSPS) is 23.2. The predicted octanol–water partition coefficient (Wildman–Crippen LogP) is 2.49. The lowest BCUT2D eigenvalue weighted by Crippen LogP contribution is -2.42. The van der Waals surface area contributed by atoms with Gasteiger partial charge in [-0.2, -0.15) is 0 Å². The number of benzene rings is 1. The molecule has 3 heterocycles. The minimum atomic E-state index is -0.0703. The number of rotatable bonds is 2. The molecule has 22 heavy (non-hydrogen) atoms. The van der Waals surface area contributed by atoms with E-state index in [9.17, 15) is 0 Å². The van der Waals surface area contributed by atoms with Gasteiger partial charge in [0.05, 0.1) is 6.54 Å². The lowest BCUT2D eigenvalue weighted by Gasteiger charge is -2.35. The van der Waals surface area contributed by atoms with Crippen molar-refractivity contribution in [2.75, 3.05) is 30.4 Å². The number of nitrogens with one attached hydrogen (secondary N) is 1. The highest BCUT2D eigenvalue weighted by Gasteiger charge is 2.43. The Labute approximate surface area is 130 Å². The van der Waals surface area contributed by atoms with Crippen molar-refractivity contribution in [1.82, 2.24) is 9.97 Å². The van der Waals surface area contributed by atoms with Gasteiger partial charge in [-0.1, -0.05) is 18.2 Å². The molecule has 0 radical (unpaired) electrons. The van der Waals surface area contributed by atoms with E-state index in [0.29, 0.717) is 0 Å². The van der Waals surface area contributed by atoms with Crippen LogP contribution in [0.2, 0.25) is 0 Å². The first-order valence-electron chi connectivity index (χ1n) is 7.80. The summed E-state index contributed by atoms with van der Waals surface area (Å²) < 4.78 is 6.39. The third-order valence-electron chi connectivity index (χ3n) is 4.70. The van der Waals surface area contributed by atoms with Crippen molar-refractivity contribution in [1.29, 1.82) is 0 Å². The van der Waals surface area contributed by atoms with Crippen LogP contribution in [0.3, 0.4) is 0 Å². The summed E-state index contributed by atoms with van der Waals surface area (Å²) in [6.07, 6.45) is 4.82. The fourth-order valence-corrected chi connectivity index (χ4v) is 3.44. The molecule has 1 atom stereocenters. The molecule has 5 heteroatoms. The number of hydrogen-bond donors (Lipinski definition) is 1. The van der Waals surface area contributed by atoms with E-state index in [1.54, 1.807) is 6.33 Å². The summed E-state index contributed by atoms with van der Waals surface area (Å²) in [5.74, 6) is 2.87. The van der Waals surface area contributed by atoms with Gasteiger partial charge in [0.15, 0.2) is 0 Å². The Hall–Kier alpha value is -2.30. The second-order valence-electron chi connectivity index (χ2n) is 6.08. The average Bonchev–Trinajstić information content (AvgIpc) is 2.98. The molecule has 0 amide bonds. The number of para-hydroxylation sites is 1. The fourth-order valence-electron chi connectivity index (χ4n) is 3.44. The van der Waals surface area contributed by atoms with Crippen LogP contribution in [0.15, 0.2) is 36.7 Å². The summed E-state index contributed by atoms with van der Waals surface area (Å²) in [5, 5.41) is 3.07. The molecule has 0 saturated carbocycles. The molecular formula is C17H20N4O. The number of hydrogen-bond acceptors (Lipinski definition) is 5. The summed E-state index contributed by atoms with van der Waals surface area (Å²) in [6, 6.07) is 10.4. The zero-order valence-corrected chi connectivity index (χ0v) is 12.7. The number of fused-ring (bicyclic) bond motifs is 1. The van der Waals surface area contributed by atoms with E-state index in [0.717, 1.165) is 49.7 Å². The first kappa shape index (κ1) is 13.4. The summed E-state index contributed by atoms with van der Waals surface area (Å²) in [4.78, 5) is 10.9. The number of ether oxygens (including phenoxy) is 1. The highest BCUT2D eigenvalue weighted by atomic mass is 16.5. The van der Waals surface area contributed by atoms with Gasteiger partial charge in [-0.3, -0.25) is 0 Å². The molecule has 114 valence electrons. The Morgan fingerprint density at radius 1 is 1.23 bits per heavy atom. The largest absolute Gasteiger partial charge is 0.485 e. The first-order valence-corrected chi connectivity index (χ1v) is 7.80. The molecule has 1 N–H and O–H groups in total. The minimum absolute atomic E-state index is 0.0703. The van der Waals surface area contributed by atoms with Gasteiger partial charge in [0.25, 0.3) is 0 Å². The Kier molecular flexibility index (Phi) is 3.13. The molecule has 1 unspecified atom stereocenters. The predicted molar refractivity (Wildman–Crippen MR) is 86.5 cm³/mol. The van der Waals surface area contributed by atoms with Crippen LogP contribution in [-0.2, 0) is 6.42 Å². The van der Waals surface area contributed by atoms with Crippen LogP contribution in [0.25, 0.3) is 0 Å². The molecule has 2 aromatic rings. The number of nitrogens with zero attached hydrogens (tertiary/aromatic N) is 3. The molecule has 2 aliphatic rings. The summed E-state index contributed by atoms with van der Waals surface area (Å²) in [5.41, 5.74) is 1.25. The monoisotopic (exact) mass is 296 g/mol. The van der Waals surface area contributed by atoms with Gasteiger partial charge in [-0.05, 0) is 24.5 Å². The highest BCUT2D eigenvalue weighted by molar-refractivity contribution is 5.50. The van der Waals surface area contributed by atoms with Crippen LogP contribution in [0, 0.1) is 0 Å². The molecule has 1 saturated heterocycles. The van der Waals surface area contributed by atoms with Crippen LogP contribution in [-0.4, -0.2) is 35.7 Å². The first-order chi connectivity index (χ1) is 10.8. The second-order valence-corrected chi connectivity index (χ2v) is 6.08. The molecule has 1 spiro atoms. The van der Waals surface area contributed by atoms with Crippen LogP contribution >= 0.6 is 0 Å². The van der Waals surface area contributed by atoms with Crippen molar-refractivity contribution < 1.29 is 4.74 Å². The van der Waals surface area contributed by atoms with Gasteiger partial charge in [0, 0.05) is 26.1 Å². The van der Waals surface area contributed by atoms with Gasteiger partial charge >= 0.3 is 0 Å². The molecule has 1 aromatic carbocycles. The van der Waals surface area contributed by atoms with Gasteiger partial charge in [-0.25, -0.2) is 9.97 Å². The molecule has 5 nitrogen and oxygen atoms in total. The summed E-state index contributed by atoms with van der Waals surface area (Å²) in [6.45, 7) is 1.86. The van der Waals surface area contributed by atoms with Crippen LogP contribution in [0.4, 0.5) is 11.6 Å². The van der Waals surface area contributed by atoms with Crippen molar-refractivity contribution in [3.63, 3.8) is 0 Å². The number of anilines is 2.